The summed E-state index contributed by atoms with van der Waals surface area (Å²) in [6.07, 6.45) is 3.29. The van der Waals surface area contributed by atoms with Gasteiger partial charge in [-0.1, -0.05) is 23.8 Å². The number of nitrogens with zero attached hydrogens (tertiary/aromatic N) is 1. The van der Waals surface area contributed by atoms with Gasteiger partial charge in [-0.25, -0.2) is 4.98 Å². The van der Waals surface area contributed by atoms with E-state index in [0.717, 1.165) is 11.4 Å². The number of carbonyl (C=O) groups is 1. The van der Waals surface area contributed by atoms with Crippen molar-refractivity contribution in [2.24, 2.45) is 0 Å². The van der Waals surface area contributed by atoms with Crippen LogP contribution in [0.25, 0.3) is 0 Å². The summed E-state index contributed by atoms with van der Waals surface area (Å²) in [5, 5.41) is 5.99. The van der Waals surface area contributed by atoms with Crippen LogP contribution >= 0.6 is 0 Å². The first kappa shape index (κ1) is 14.8. The van der Waals surface area contributed by atoms with Crippen molar-refractivity contribution in [2.45, 2.75) is 13.8 Å². The van der Waals surface area contributed by atoms with E-state index in [-0.39, 0.29) is 5.91 Å². The highest BCUT2D eigenvalue weighted by Gasteiger charge is 2.06. The number of nitrogens with one attached hydrogen (secondary N) is 2. The number of anilines is 2. The molecule has 0 aliphatic carbocycles. The lowest BCUT2D eigenvalue weighted by atomic mass is 10.1. The van der Waals surface area contributed by atoms with Crippen molar-refractivity contribution >= 4 is 17.3 Å². The normalized spacial score (nSPS) is 10.0. The molecule has 2 N–H and O–H groups in total. The molecule has 0 aliphatic heterocycles. The number of amides is 1. The number of hydrogen-bond acceptors (Lipinski definition) is 3. The lowest BCUT2D eigenvalue weighted by Gasteiger charge is -2.10. The number of hydrogen-bond donors (Lipinski definition) is 2. The molecule has 0 saturated carbocycles. The number of benzene rings is 1. The van der Waals surface area contributed by atoms with Crippen LogP contribution < -0.4 is 10.6 Å². The molecular weight excluding hydrogens is 262 g/mol. The first-order valence-corrected chi connectivity index (χ1v) is 6.79. The van der Waals surface area contributed by atoms with Crippen molar-refractivity contribution in [3.05, 3.63) is 66.0 Å². The molecule has 0 atom stereocenters. The summed E-state index contributed by atoms with van der Waals surface area (Å²) < 4.78 is 0. The molecule has 0 unspecified atom stereocenters. The Hall–Kier alpha value is -2.62. The molecular formula is C17H19N3O. The highest BCUT2D eigenvalue weighted by Crippen LogP contribution is 2.20. The summed E-state index contributed by atoms with van der Waals surface area (Å²) in [6, 6.07) is 9.75. The third kappa shape index (κ3) is 3.92. The molecule has 108 valence electrons. The molecule has 0 saturated heterocycles. The topological polar surface area (TPSA) is 54.0 Å². The van der Waals surface area contributed by atoms with Gasteiger partial charge in [-0.05, 0) is 37.6 Å². The van der Waals surface area contributed by atoms with Crippen molar-refractivity contribution in [3.63, 3.8) is 0 Å². The average molecular weight is 281 g/mol. The number of aryl methyl sites for hydroxylation is 2. The lowest BCUT2D eigenvalue weighted by molar-refractivity contribution is 0.0953. The van der Waals surface area contributed by atoms with Crippen molar-refractivity contribution in [1.29, 1.82) is 0 Å². The second kappa shape index (κ2) is 6.70. The first-order chi connectivity index (χ1) is 10.1. The average Bonchev–Trinajstić information content (AvgIpc) is 2.48. The van der Waals surface area contributed by atoms with E-state index in [2.05, 4.69) is 48.2 Å². The molecule has 0 spiro atoms. The fourth-order valence-electron chi connectivity index (χ4n) is 1.97. The van der Waals surface area contributed by atoms with Gasteiger partial charge in [-0.3, -0.25) is 4.79 Å². The Bertz CT molecular complexity index is 648. The molecule has 4 heteroatoms. The minimum Gasteiger partial charge on any atom is -0.354 e. The highest BCUT2D eigenvalue weighted by atomic mass is 16.1. The number of rotatable bonds is 5. The smallest absolute Gasteiger partial charge is 0.270 e. The fraction of sp³-hybridized carbons (Fsp3) is 0.176. The van der Waals surface area contributed by atoms with Crippen molar-refractivity contribution < 1.29 is 4.79 Å². The number of carbonyl (C=O) groups excluding carboxylic acids is 1. The van der Waals surface area contributed by atoms with E-state index in [1.54, 1.807) is 18.3 Å². The zero-order valence-corrected chi connectivity index (χ0v) is 12.3. The van der Waals surface area contributed by atoms with Crippen LogP contribution in [0.4, 0.5) is 11.4 Å². The van der Waals surface area contributed by atoms with Gasteiger partial charge in [0.05, 0.1) is 11.9 Å². The maximum Gasteiger partial charge on any atom is 0.270 e. The summed E-state index contributed by atoms with van der Waals surface area (Å²) in [6.45, 7) is 8.11. The van der Waals surface area contributed by atoms with Gasteiger partial charge in [0.15, 0.2) is 0 Å². The second-order valence-corrected chi connectivity index (χ2v) is 4.87. The predicted molar refractivity (Wildman–Crippen MR) is 86.0 cm³/mol. The first-order valence-electron chi connectivity index (χ1n) is 6.79. The van der Waals surface area contributed by atoms with E-state index in [0.29, 0.717) is 12.2 Å². The van der Waals surface area contributed by atoms with E-state index < -0.39 is 0 Å². The molecule has 1 amide bonds. The van der Waals surface area contributed by atoms with Crippen LogP contribution in [0.3, 0.4) is 0 Å². The minimum atomic E-state index is -0.201. The molecule has 0 fully saturated rings. The van der Waals surface area contributed by atoms with Gasteiger partial charge in [0, 0.05) is 12.2 Å². The SMILES string of the molecule is C=CCNC(=O)c1ccc(Nc2ccc(C)cc2C)cn1. The zero-order valence-electron chi connectivity index (χ0n) is 12.3. The number of aromatic nitrogens is 1. The largest absolute Gasteiger partial charge is 0.354 e. The molecule has 0 radical (unpaired) electrons. The fourth-order valence-corrected chi connectivity index (χ4v) is 1.97. The minimum absolute atomic E-state index is 0.201. The van der Waals surface area contributed by atoms with Gasteiger partial charge in [0.1, 0.15) is 5.69 Å². The molecule has 4 nitrogen and oxygen atoms in total. The van der Waals surface area contributed by atoms with E-state index in [4.69, 9.17) is 0 Å². The van der Waals surface area contributed by atoms with Crippen LogP contribution in [-0.2, 0) is 0 Å². The Kier molecular flexibility index (Phi) is 4.72. The van der Waals surface area contributed by atoms with Crippen LogP contribution in [0.2, 0.25) is 0 Å². The third-order valence-electron chi connectivity index (χ3n) is 3.06. The van der Waals surface area contributed by atoms with Gasteiger partial charge >= 0.3 is 0 Å². The van der Waals surface area contributed by atoms with E-state index in [1.807, 2.05) is 12.1 Å². The Balaban J connectivity index is 2.08. The van der Waals surface area contributed by atoms with Crippen LogP contribution in [0.1, 0.15) is 21.6 Å². The van der Waals surface area contributed by atoms with Gasteiger partial charge in [-0.2, -0.15) is 0 Å². The monoisotopic (exact) mass is 281 g/mol. The summed E-state index contributed by atoms with van der Waals surface area (Å²) >= 11 is 0. The molecule has 1 aromatic heterocycles. The van der Waals surface area contributed by atoms with Crippen LogP contribution in [0.15, 0.2) is 49.2 Å². The predicted octanol–water partition coefficient (Wildman–Crippen LogP) is 3.36. The summed E-state index contributed by atoms with van der Waals surface area (Å²) in [4.78, 5) is 15.9. The Labute approximate surface area is 124 Å². The van der Waals surface area contributed by atoms with Gasteiger partial charge in [-0.15, -0.1) is 6.58 Å². The Morgan fingerprint density at radius 1 is 1.29 bits per heavy atom. The second-order valence-electron chi connectivity index (χ2n) is 4.87. The van der Waals surface area contributed by atoms with E-state index in [1.165, 1.54) is 11.1 Å². The van der Waals surface area contributed by atoms with Gasteiger partial charge in [0.25, 0.3) is 5.91 Å². The highest BCUT2D eigenvalue weighted by molar-refractivity contribution is 5.92. The quantitative estimate of drug-likeness (QED) is 0.826. The molecule has 21 heavy (non-hydrogen) atoms. The molecule has 2 rings (SSSR count). The molecule has 0 bridgehead atoms. The number of pyridine rings is 1. The van der Waals surface area contributed by atoms with E-state index in [9.17, 15) is 4.79 Å². The summed E-state index contributed by atoms with van der Waals surface area (Å²) in [5.74, 6) is -0.201. The maximum atomic E-state index is 11.7. The molecule has 0 aliphatic rings. The summed E-state index contributed by atoms with van der Waals surface area (Å²) in [5.41, 5.74) is 4.67. The van der Waals surface area contributed by atoms with Crippen LogP contribution in [0.5, 0.6) is 0 Å². The third-order valence-corrected chi connectivity index (χ3v) is 3.06. The van der Waals surface area contributed by atoms with Gasteiger partial charge in [0.2, 0.25) is 0 Å². The standard InChI is InChI=1S/C17H19N3O/c1-4-9-18-17(21)16-8-6-14(11-19-16)20-15-7-5-12(2)10-13(15)3/h4-8,10-11,20H,1,9H2,2-3H3,(H,18,21). The zero-order chi connectivity index (χ0) is 15.2. The lowest BCUT2D eigenvalue weighted by Crippen LogP contribution is -2.24. The van der Waals surface area contributed by atoms with Crippen molar-refractivity contribution in [2.75, 3.05) is 11.9 Å². The molecule has 1 aromatic carbocycles. The van der Waals surface area contributed by atoms with Crippen LogP contribution in [-0.4, -0.2) is 17.4 Å². The van der Waals surface area contributed by atoms with Crippen LogP contribution in [0, 0.1) is 13.8 Å². The summed E-state index contributed by atoms with van der Waals surface area (Å²) in [7, 11) is 0. The van der Waals surface area contributed by atoms with E-state index >= 15 is 0 Å². The van der Waals surface area contributed by atoms with Gasteiger partial charge < -0.3 is 10.6 Å². The Morgan fingerprint density at radius 3 is 2.71 bits per heavy atom. The van der Waals surface area contributed by atoms with Crippen molar-refractivity contribution in [3.8, 4) is 0 Å². The molecule has 1 heterocycles. The maximum absolute atomic E-state index is 11.7. The van der Waals surface area contributed by atoms with Crippen molar-refractivity contribution in [1.82, 2.24) is 10.3 Å². The Morgan fingerprint density at radius 2 is 2.10 bits per heavy atom. The molecule has 2 aromatic rings.